The first kappa shape index (κ1) is 16.0. The Balaban J connectivity index is 2.28. The van der Waals surface area contributed by atoms with Gasteiger partial charge in [0.2, 0.25) is 0 Å². The van der Waals surface area contributed by atoms with Crippen molar-refractivity contribution in [3.8, 4) is 0 Å². The molecule has 0 saturated carbocycles. The maximum Gasteiger partial charge on any atom is 0.303 e. The molecule has 1 aliphatic rings. The maximum absolute atomic E-state index is 11.2. The number of hydrogen-bond acceptors (Lipinski definition) is 3. The van der Waals surface area contributed by atoms with Crippen LogP contribution in [0, 0.1) is 5.92 Å². The minimum Gasteiger partial charge on any atom is -0.481 e. The van der Waals surface area contributed by atoms with Crippen LogP contribution in [0.15, 0.2) is 29.3 Å². The van der Waals surface area contributed by atoms with E-state index in [1.54, 1.807) is 6.07 Å². The topological polar surface area (TPSA) is 69.9 Å². The maximum atomic E-state index is 11.2. The molecule has 2 N–H and O–H groups in total. The Morgan fingerprint density at radius 2 is 2.14 bits per heavy atom. The fourth-order valence-electron chi connectivity index (χ4n) is 2.86. The van der Waals surface area contributed by atoms with Gasteiger partial charge in [-0.25, -0.2) is 0 Å². The van der Waals surface area contributed by atoms with Crippen molar-refractivity contribution in [2.24, 2.45) is 10.9 Å². The number of alkyl halides is 1. The highest BCUT2D eigenvalue weighted by Crippen LogP contribution is 2.43. The molecule has 0 radical (unpaired) electrons. The molecule has 1 aliphatic heterocycles. The number of carboxylic acids is 1. The van der Waals surface area contributed by atoms with Crippen LogP contribution in [0.2, 0.25) is 0 Å². The average molecular weight is 310 g/mol. The quantitative estimate of drug-likeness (QED) is 0.758. The third kappa shape index (κ3) is 3.44. The van der Waals surface area contributed by atoms with Crippen LogP contribution in [-0.4, -0.2) is 27.8 Å². The molecule has 3 atom stereocenters. The normalized spacial score (nSPS) is 22.8. The van der Waals surface area contributed by atoms with Crippen molar-refractivity contribution in [2.75, 3.05) is 0 Å². The number of aliphatic carboxylic acids is 1. The van der Waals surface area contributed by atoms with Gasteiger partial charge in [0.15, 0.2) is 0 Å². The number of carbonyl (C=O) groups is 1. The summed E-state index contributed by atoms with van der Waals surface area (Å²) in [6.07, 6.45) is 3.49. The third-order valence-corrected chi connectivity index (χ3v) is 4.32. The lowest BCUT2D eigenvalue weighted by atomic mass is 9.78. The second kappa shape index (κ2) is 6.58. The lowest BCUT2D eigenvalue weighted by molar-refractivity contribution is -0.140. The molecule has 2 rings (SSSR count). The van der Waals surface area contributed by atoms with E-state index in [9.17, 15) is 9.90 Å². The van der Waals surface area contributed by atoms with Crippen LogP contribution in [-0.2, 0) is 10.4 Å². The van der Waals surface area contributed by atoms with Crippen molar-refractivity contribution in [3.05, 3.63) is 29.8 Å². The Bertz CT molecular complexity index is 546. The molecule has 0 fully saturated rings. The fourth-order valence-corrected chi connectivity index (χ4v) is 3.29. The van der Waals surface area contributed by atoms with Gasteiger partial charge in [0, 0.05) is 23.1 Å². The molecule has 5 heteroatoms. The molecule has 114 valence electrons. The van der Waals surface area contributed by atoms with Crippen LogP contribution in [0.3, 0.4) is 0 Å². The Morgan fingerprint density at radius 3 is 2.81 bits per heavy atom. The summed E-state index contributed by atoms with van der Waals surface area (Å²) >= 11 is 6.28. The van der Waals surface area contributed by atoms with E-state index in [4.69, 9.17) is 16.7 Å². The van der Waals surface area contributed by atoms with Gasteiger partial charge in [-0.15, -0.1) is 11.6 Å². The van der Waals surface area contributed by atoms with E-state index in [0.717, 1.165) is 12.8 Å². The van der Waals surface area contributed by atoms with Crippen LogP contribution in [0.4, 0.5) is 5.69 Å². The molecule has 0 amide bonds. The summed E-state index contributed by atoms with van der Waals surface area (Å²) in [4.78, 5) is 15.4. The van der Waals surface area contributed by atoms with Crippen molar-refractivity contribution < 1.29 is 15.0 Å². The monoisotopic (exact) mass is 309 g/mol. The fraction of sp³-hybridized carbons (Fsp3) is 0.500. The van der Waals surface area contributed by atoms with Gasteiger partial charge in [0.05, 0.1) is 12.1 Å². The van der Waals surface area contributed by atoms with Crippen molar-refractivity contribution in [3.63, 3.8) is 0 Å². The first-order valence-electron chi connectivity index (χ1n) is 7.20. The molecule has 4 nitrogen and oxygen atoms in total. The lowest BCUT2D eigenvalue weighted by Gasteiger charge is -2.31. The van der Waals surface area contributed by atoms with Gasteiger partial charge in [-0.05, 0) is 18.9 Å². The molecule has 0 spiro atoms. The number of carboxylic acid groups (broad SMARTS) is 1. The zero-order chi connectivity index (χ0) is 15.5. The molecule has 1 aromatic rings. The molecule has 3 unspecified atom stereocenters. The van der Waals surface area contributed by atoms with E-state index >= 15 is 0 Å². The largest absolute Gasteiger partial charge is 0.481 e. The number of aliphatic hydroxyl groups is 1. The summed E-state index contributed by atoms with van der Waals surface area (Å²) in [5, 5.41) is 20.0. The molecule has 1 aromatic carbocycles. The highest BCUT2D eigenvalue weighted by Gasteiger charge is 2.43. The smallest absolute Gasteiger partial charge is 0.303 e. The second-order valence-corrected chi connectivity index (χ2v) is 6.13. The molecule has 0 saturated heterocycles. The number of para-hydroxylation sites is 1. The predicted octanol–water partition coefficient (Wildman–Crippen LogP) is 3.48. The van der Waals surface area contributed by atoms with E-state index in [1.165, 1.54) is 6.21 Å². The van der Waals surface area contributed by atoms with E-state index < -0.39 is 17.5 Å². The Labute approximate surface area is 129 Å². The van der Waals surface area contributed by atoms with Gasteiger partial charge in [0.25, 0.3) is 0 Å². The first-order chi connectivity index (χ1) is 9.97. The molecule has 0 aliphatic carbocycles. The van der Waals surface area contributed by atoms with Crippen molar-refractivity contribution in [2.45, 2.75) is 43.6 Å². The summed E-state index contributed by atoms with van der Waals surface area (Å²) in [6.45, 7) is 2.03. The molecule has 21 heavy (non-hydrogen) atoms. The van der Waals surface area contributed by atoms with Crippen molar-refractivity contribution in [1.82, 2.24) is 0 Å². The van der Waals surface area contributed by atoms with Gasteiger partial charge in [-0.2, -0.15) is 0 Å². The lowest BCUT2D eigenvalue weighted by Crippen LogP contribution is -2.37. The van der Waals surface area contributed by atoms with Gasteiger partial charge in [-0.3, -0.25) is 9.79 Å². The Morgan fingerprint density at radius 1 is 1.43 bits per heavy atom. The van der Waals surface area contributed by atoms with Gasteiger partial charge in [-0.1, -0.05) is 31.5 Å². The zero-order valence-corrected chi connectivity index (χ0v) is 12.8. The summed E-state index contributed by atoms with van der Waals surface area (Å²) in [5.74, 6) is -1.43. The number of nitrogens with zero attached hydrogens (tertiary/aromatic N) is 1. The van der Waals surface area contributed by atoms with Crippen molar-refractivity contribution in [1.29, 1.82) is 0 Å². The summed E-state index contributed by atoms with van der Waals surface area (Å²) in [7, 11) is 0. The van der Waals surface area contributed by atoms with Crippen LogP contribution < -0.4 is 0 Å². The third-order valence-electron chi connectivity index (χ3n) is 3.92. The van der Waals surface area contributed by atoms with E-state index in [-0.39, 0.29) is 11.8 Å². The van der Waals surface area contributed by atoms with Crippen LogP contribution >= 0.6 is 11.6 Å². The average Bonchev–Trinajstić information content (AvgIpc) is 2.77. The SMILES string of the molecule is CCCC(Cl)CC(CC(=O)O)C1(O)C=Nc2ccccc21. The number of benzene rings is 1. The van der Waals surface area contributed by atoms with Crippen LogP contribution in [0.1, 0.15) is 38.2 Å². The molecule has 1 heterocycles. The van der Waals surface area contributed by atoms with E-state index in [1.807, 2.05) is 25.1 Å². The molecular weight excluding hydrogens is 290 g/mol. The highest BCUT2D eigenvalue weighted by molar-refractivity contribution is 6.20. The number of rotatable bonds is 7. The summed E-state index contributed by atoms with van der Waals surface area (Å²) in [6, 6.07) is 7.27. The molecular formula is C16H20ClNO3. The number of aliphatic imine (C=N–C) groups is 1. The molecule has 0 bridgehead atoms. The zero-order valence-electron chi connectivity index (χ0n) is 12.0. The second-order valence-electron chi connectivity index (χ2n) is 5.52. The highest BCUT2D eigenvalue weighted by atomic mass is 35.5. The number of fused-ring (bicyclic) bond motifs is 1. The summed E-state index contributed by atoms with van der Waals surface area (Å²) < 4.78 is 0. The molecule has 0 aromatic heterocycles. The minimum absolute atomic E-state index is 0.135. The van der Waals surface area contributed by atoms with Crippen LogP contribution in [0.5, 0.6) is 0 Å². The van der Waals surface area contributed by atoms with Crippen molar-refractivity contribution >= 4 is 29.5 Å². The van der Waals surface area contributed by atoms with Gasteiger partial charge < -0.3 is 10.2 Å². The van der Waals surface area contributed by atoms with E-state index in [0.29, 0.717) is 17.7 Å². The van der Waals surface area contributed by atoms with Crippen LogP contribution in [0.25, 0.3) is 0 Å². The standard InChI is InChI=1S/C16H20ClNO3/c1-2-5-12(17)8-11(9-15(19)20)16(21)10-18-14-7-4-3-6-13(14)16/h3-4,6-7,10-12,21H,2,5,8-9H2,1H3,(H,19,20). The van der Waals surface area contributed by atoms with Gasteiger partial charge >= 0.3 is 5.97 Å². The predicted molar refractivity (Wildman–Crippen MR) is 83.4 cm³/mol. The first-order valence-corrected chi connectivity index (χ1v) is 7.64. The Hall–Kier alpha value is -1.39. The van der Waals surface area contributed by atoms with Gasteiger partial charge in [0.1, 0.15) is 5.60 Å². The minimum atomic E-state index is -1.35. The summed E-state index contributed by atoms with van der Waals surface area (Å²) in [5.41, 5.74) is 0.00388. The van der Waals surface area contributed by atoms with E-state index in [2.05, 4.69) is 4.99 Å². The number of hydrogen-bond donors (Lipinski definition) is 2. The number of halogens is 1. The Kier molecular flexibility index (Phi) is 5.01.